The first-order valence-electron chi connectivity index (χ1n) is 5.45. The molecule has 0 aliphatic carbocycles. The maximum Gasteiger partial charge on any atom is 0.274 e. The van der Waals surface area contributed by atoms with E-state index in [0.29, 0.717) is 5.69 Å². The topological polar surface area (TPSA) is 89.0 Å². The minimum absolute atomic E-state index is 0.0442. The highest BCUT2D eigenvalue weighted by atomic mass is 79.9. The third-order valence-electron chi connectivity index (χ3n) is 2.33. The molecule has 2 aromatic heterocycles. The predicted molar refractivity (Wildman–Crippen MR) is 77.2 cm³/mol. The molecule has 0 saturated carbocycles. The molecule has 0 unspecified atom stereocenters. The molecule has 0 radical (unpaired) electrons. The Balaban J connectivity index is 2.14. The van der Waals surface area contributed by atoms with Crippen LogP contribution in [0, 0.1) is 0 Å². The highest BCUT2D eigenvalue weighted by molar-refractivity contribution is 9.10. The lowest BCUT2D eigenvalue weighted by Gasteiger charge is -2.05. The van der Waals surface area contributed by atoms with Gasteiger partial charge in [-0.05, 0) is 40.2 Å². The number of hydrogen-bond donors (Lipinski definition) is 1. The van der Waals surface area contributed by atoms with E-state index in [9.17, 15) is 13.2 Å². The van der Waals surface area contributed by atoms with Gasteiger partial charge in [0.25, 0.3) is 5.91 Å². The summed E-state index contributed by atoms with van der Waals surface area (Å²) in [4.78, 5) is 19.6. The standard InChI is InChI=1S/C12H10BrN3O3S/c1-20(18,19)11-5-3-9(7-15-11)16-12(17)10-4-2-8(13)6-14-10/h2-7H,1H3,(H,16,17). The van der Waals surface area contributed by atoms with Crippen LogP contribution < -0.4 is 5.32 Å². The molecule has 20 heavy (non-hydrogen) atoms. The van der Waals surface area contributed by atoms with Gasteiger partial charge in [-0.1, -0.05) is 0 Å². The van der Waals surface area contributed by atoms with Crippen LogP contribution in [-0.2, 0) is 9.84 Å². The van der Waals surface area contributed by atoms with Crippen LogP contribution in [0.4, 0.5) is 5.69 Å². The van der Waals surface area contributed by atoms with E-state index in [4.69, 9.17) is 0 Å². The molecule has 104 valence electrons. The van der Waals surface area contributed by atoms with Crippen molar-refractivity contribution in [2.75, 3.05) is 11.6 Å². The number of pyridine rings is 2. The SMILES string of the molecule is CS(=O)(=O)c1ccc(NC(=O)c2ccc(Br)cn2)cn1. The molecule has 0 spiro atoms. The van der Waals surface area contributed by atoms with Crippen LogP contribution in [0.1, 0.15) is 10.5 Å². The second kappa shape index (κ2) is 5.68. The number of hydrogen-bond acceptors (Lipinski definition) is 5. The van der Waals surface area contributed by atoms with Gasteiger partial charge in [0.05, 0.1) is 11.9 Å². The lowest BCUT2D eigenvalue weighted by molar-refractivity contribution is 0.102. The Bertz CT molecular complexity index is 728. The molecule has 0 bridgehead atoms. The van der Waals surface area contributed by atoms with E-state index < -0.39 is 15.7 Å². The smallest absolute Gasteiger partial charge is 0.274 e. The summed E-state index contributed by atoms with van der Waals surface area (Å²) in [5.41, 5.74) is 0.646. The summed E-state index contributed by atoms with van der Waals surface area (Å²) in [5, 5.41) is 2.54. The third-order valence-corrected chi connectivity index (χ3v) is 3.80. The van der Waals surface area contributed by atoms with Crippen LogP contribution in [0.25, 0.3) is 0 Å². The van der Waals surface area contributed by atoms with Gasteiger partial charge < -0.3 is 5.32 Å². The molecule has 2 heterocycles. The zero-order valence-electron chi connectivity index (χ0n) is 10.4. The normalized spacial score (nSPS) is 11.1. The number of carbonyl (C=O) groups is 1. The van der Waals surface area contributed by atoms with Crippen molar-refractivity contribution in [3.63, 3.8) is 0 Å². The Morgan fingerprint density at radius 3 is 2.40 bits per heavy atom. The van der Waals surface area contributed by atoms with Crippen LogP contribution in [0.15, 0.2) is 46.2 Å². The van der Waals surface area contributed by atoms with E-state index in [1.54, 1.807) is 12.1 Å². The quantitative estimate of drug-likeness (QED) is 0.907. The molecule has 0 aliphatic rings. The van der Waals surface area contributed by atoms with Crippen molar-refractivity contribution in [1.82, 2.24) is 9.97 Å². The second-order valence-corrected chi connectivity index (χ2v) is 6.85. The van der Waals surface area contributed by atoms with Gasteiger partial charge in [0.1, 0.15) is 5.69 Å². The number of carbonyl (C=O) groups excluding carboxylic acids is 1. The highest BCUT2D eigenvalue weighted by Gasteiger charge is 2.10. The molecule has 2 aromatic rings. The fourth-order valence-electron chi connectivity index (χ4n) is 1.38. The van der Waals surface area contributed by atoms with Crippen molar-refractivity contribution in [3.8, 4) is 0 Å². The summed E-state index contributed by atoms with van der Waals surface area (Å²) in [6.45, 7) is 0. The molecule has 8 heteroatoms. The van der Waals surface area contributed by atoms with Crippen molar-refractivity contribution in [2.45, 2.75) is 5.03 Å². The molecule has 6 nitrogen and oxygen atoms in total. The molecule has 0 atom stereocenters. The van der Waals surface area contributed by atoms with Gasteiger partial charge in [0, 0.05) is 16.9 Å². The predicted octanol–water partition coefficient (Wildman–Crippen LogP) is 1.89. The largest absolute Gasteiger partial charge is 0.319 e. The molecular formula is C12H10BrN3O3S. The number of sulfone groups is 1. The number of amides is 1. The number of nitrogens with one attached hydrogen (secondary N) is 1. The van der Waals surface area contributed by atoms with Crippen LogP contribution in [0.3, 0.4) is 0 Å². The van der Waals surface area contributed by atoms with Gasteiger partial charge in [-0.25, -0.2) is 18.4 Å². The first kappa shape index (κ1) is 14.6. The lowest BCUT2D eigenvalue weighted by Crippen LogP contribution is -2.13. The monoisotopic (exact) mass is 355 g/mol. The Kier molecular flexibility index (Phi) is 4.15. The number of nitrogens with zero attached hydrogens (tertiary/aromatic N) is 2. The maximum absolute atomic E-state index is 11.9. The van der Waals surface area contributed by atoms with Gasteiger partial charge in [-0.3, -0.25) is 4.79 Å². The van der Waals surface area contributed by atoms with Gasteiger partial charge in [0.15, 0.2) is 14.9 Å². The van der Waals surface area contributed by atoms with E-state index in [1.165, 1.54) is 24.5 Å². The molecular weight excluding hydrogens is 346 g/mol. The average Bonchev–Trinajstić information content (AvgIpc) is 2.39. The summed E-state index contributed by atoms with van der Waals surface area (Å²) >= 11 is 3.23. The molecule has 1 amide bonds. The van der Waals surface area contributed by atoms with E-state index >= 15 is 0 Å². The first-order valence-corrected chi connectivity index (χ1v) is 8.14. The van der Waals surface area contributed by atoms with Gasteiger partial charge >= 0.3 is 0 Å². The molecule has 0 aromatic carbocycles. The summed E-state index contributed by atoms with van der Waals surface area (Å²) in [5.74, 6) is -0.397. The Morgan fingerprint density at radius 1 is 1.15 bits per heavy atom. The van der Waals surface area contributed by atoms with Crippen LogP contribution in [-0.4, -0.2) is 30.5 Å². The zero-order chi connectivity index (χ0) is 14.8. The average molecular weight is 356 g/mol. The minimum Gasteiger partial charge on any atom is -0.319 e. The van der Waals surface area contributed by atoms with Gasteiger partial charge in [-0.15, -0.1) is 0 Å². The van der Waals surface area contributed by atoms with Crippen molar-refractivity contribution in [2.24, 2.45) is 0 Å². The second-order valence-electron chi connectivity index (χ2n) is 3.97. The van der Waals surface area contributed by atoms with Gasteiger partial charge in [0.2, 0.25) is 0 Å². The van der Waals surface area contributed by atoms with Crippen molar-refractivity contribution < 1.29 is 13.2 Å². The zero-order valence-corrected chi connectivity index (χ0v) is 12.8. The summed E-state index contributed by atoms with van der Waals surface area (Å²) < 4.78 is 23.3. The Hall–Kier alpha value is -1.80. The molecule has 2 rings (SSSR count). The lowest BCUT2D eigenvalue weighted by atomic mass is 10.3. The van der Waals surface area contributed by atoms with Crippen molar-refractivity contribution >= 4 is 37.4 Å². The van der Waals surface area contributed by atoms with E-state index in [2.05, 4.69) is 31.2 Å². The minimum atomic E-state index is -3.35. The summed E-state index contributed by atoms with van der Waals surface area (Å²) in [7, 11) is -3.35. The summed E-state index contributed by atoms with van der Waals surface area (Å²) in [6.07, 6.45) is 3.87. The van der Waals surface area contributed by atoms with Gasteiger partial charge in [-0.2, -0.15) is 0 Å². The molecule has 0 aliphatic heterocycles. The fourth-order valence-corrected chi connectivity index (χ4v) is 2.17. The third kappa shape index (κ3) is 3.61. The Labute approximate surface area is 124 Å². The summed E-state index contributed by atoms with van der Waals surface area (Å²) in [6, 6.07) is 6.07. The van der Waals surface area contributed by atoms with Crippen LogP contribution in [0.5, 0.6) is 0 Å². The number of aromatic nitrogens is 2. The van der Waals surface area contributed by atoms with E-state index in [-0.39, 0.29) is 10.7 Å². The first-order chi connectivity index (χ1) is 9.36. The van der Waals surface area contributed by atoms with E-state index in [1.807, 2.05) is 0 Å². The highest BCUT2D eigenvalue weighted by Crippen LogP contribution is 2.12. The number of rotatable bonds is 3. The maximum atomic E-state index is 11.9. The molecule has 0 saturated heterocycles. The van der Waals surface area contributed by atoms with Crippen molar-refractivity contribution in [3.05, 3.63) is 46.8 Å². The number of halogens is 1. The molecule has 0 fully saturated rings. The fraction of sp³-hybridized carbons (Fsp3) is 0.0833. The van der Waals surface area contributed by atoms with Crippen molar-refractivity contribution in [1.29, 1.82) is 0 Å². The number of anilines is 1. The van der Waals surface area contributed by atoms with E-state index in [0.717, 1.165) is 10.7 Å². The molecule has 1 N–H and O–H groups in total. The van der Waals surface area contributed by atoms with Crippen LogP contribution in [0.2, 0.25) is 0 Å². The Morgan fingerprint density at radius 2 is 1.90 bits per heavy atom. The van der Waals surface area contributed by atoms with Crippen LogP contribution >= 0.6 is 15.9 Å².